The van der Waals surface area contributed by atoms with E-state index in [1.165, 1.54) is 32.1 Å². The van der Waals surface area contributed by atoms with Gasteiger partial charge in [0, 0.05) is 45.3 Å². The number of ether oxygens (including phenoxy) is 2. The minimum atomic E-state index is -0.434. The molecule has 0 atom stereocenters. The Morgan fingerprint density at radius 2 is 1.78 bits per heavy atom. The lowest BCUT2D eigenvalue weighted by molar-refractivity contribution is -0.120. The van der Waals surface area contributed by atoms with E-state index in [2.05, 4.69) is 33.1 Å². The lowest BCUT2D eigenvalue weighted by Crippen LogP contribution is -2.36. The van der Waals surface area contributed by atoms with Crippen LogP contribution in [-0.4, -0.2) is 60.1 Å². The fraction of sp³-hybridized carbons (Fsp3) is 0.395. The Morgan fingerprint density at radius 3 is 2.47 bits per heavy atom. The Hall–Kier alpha value is -3.86. The number of nitrogen functional groups attached to an aromatic ring is 1. The number of aromatic nitrogens is 1. The number of nitrogens with two attached hydrogens (primary N) is 1. The third-order valence-corrected chi connectivity index (χ3v) is 10.3. The second kappa shape index (κ2) is 16.7. The zero-order valence-corrected chi connectivity index (χ0v) is 30.7. The Kier molecular flexibility index (Phi) is 12.4. The number of anilines is 1. The molecule has 260 valence electrons. The normalized spacial score (nSPS) is 13.5. The molecule has 1 aliphatic rings. The van der Waals surface area contributed by atoms with Gasteiger partial charge in [-0.25, -0.2) is 4.79 Å². The molecule has 49 heavy (non-hydrogen) atoms. The summed E-state index contributed by atoms with van der Waals surface area (Å²) in [6.45, 7) is 6.06. The average molecular weight is 752 g/mol. The maximum absolute atomic E-state index is 13.6. The van der Waals surface area contributed by atoms with Crippen molar-refractivity contribution in [1.29, 1.82) is 0 Å². The van der Waals surface area contributed by atoms with Crippen LogP contribution in [0.4, 0.5) is 5.69 Å². The number of nitrogens with one attached hydrogen (secondary N) is 1. The van der Waals surface area contributed by atoms with Gasteiger partial charge in [-0.15, -0.1) is 0 Å². The van der Waals surface area contributed by atoms with E-state index in [4.69, 9.17) is 26.8 Å². The summed E-state index contributed by atoms with van der Waals surface area (Å²) in [5.41, 5.74) is 11.0. The summed E-state index contributed by atoms with van der Waals surface area (Å²) in [6, 6.07) is 16.2. The van der Waals surface area contributed by atoms with Crippen LogP contribution in [0.25, 0.3) is 10.9 Å². The first-order chi connectivity index (χ1) is 23.6. The highest BCUT2D eigenvalue weighted by Crippen LogP contribution is 2.32. The molecular formula is C38H44BrClN4O5. The van der Waals surface area contributed by atoms with Crippen LogP contribution in [0.2, 0.25) is 5.02 Å². The van der Waals surface area contributed by atoms with Crippen LogP contribution in [0.1, 0.15) is 83.0 Å². The number of amides is 1. The van der Waals surface area contributed by atoms with E-state index in [9.17, 15) is 14.4 Å². The quantitative estimate of drug-likeness (QED) is 0.0817. The first kappa shape index (κ1) is 36.4. The van der Waals surface area contributed by atoms with E-state index in [0.717, 1.165) is 23.1 Å². The Labute approximate surface area is 301 Å². The average Bonchev–Trinajstić information content (AvgIpc) is 3.38. The molecule has 0 bridgehead atoms. The number of hydrogen-bond donors (Lipinski definition) is 2. The summed E-state index contributed by atoms with van der Waals surface area (Å²) in [5, 5.41) is 4.23. The molecule has 0 aliphatic heterocycles. The van der Waals surface area contributed by atoms with Crippen molar-refractivity contribution in [2.75, 3.05) is 32.5 Å². The molecule has 3 aromatic carbocycles. The summed E-state index contributed by atoms with van der Waals surface area (Å²) >= 11 is 9.57. The van der Waals surface area contributed by atoms with E-state index in [1.54, 1.807) is 48.1 Å². The van der Waals surface area contributed by atoms with Crippen LogP contribution in [0, 0.1) is 6.92 Å². The number of methoxy groups -OCH3 is 1. The maximum Gasteiger partial charge on any atom is 0.338 e. The van der Waals surface area contributed by atoms with Gasteiger partial charge < -0.3 is 20.5 Å². The SMILES string of the molecule is CCN(Cc1cc(C(=O)OCCCNC(=O)Cc2c(C)n(C(=O)c3ccc(Cl)cc3)c3ccc(OC)cc23)cc(Br)c1N)C1CCCCC1. The van der Waals surface area contributed by atoms with Gasteiger partial charge in [-0.2, -0.15) is 0 Å². The molecule has 1 aromatic heterocycles. The van der Waals surface area contributed by atoms with E-state index in [-0.39, 0.29) is 24.8 Å². The fourth-order valence-electron chi connectivity index (χ4n) is 6.65. The first-order valence-corrected chi connectivity index (χ1v) is 18.0. The van der Waals surface area contributed by atoms with Crippen LogP contribution in [0.3, 0.4) is 0 Å². The van der Waals surface area contributed by atoms with Gasteiger partial charge in [0.15, 0.2) is 0 Å². The molecule has 9 nitrogen and oxygen atoms in total. The third kappa shape index (κ3) is 8.66. The van der Waals surface area contributed by atoms with Crippen molar-refractivity contribution in [3.63, 3.8) is 0 Å². The molecule has 0 radical (unpaired) electrons. The van der Waals surface area contributed by atoms with Crippen molar-refractivity contribution in [2.45, 2.75) is 71.4 Å². The summed E-state index contributed by atoms with van der Waals surface area (Å²) in [4.78, 5) is 42.1. The minimum Gasteiger partial charge on any atom is -0.497 e. The topological polar surface area (TPSA) is 116 Å². The molecule has 1 saturated carbocycles. The van der Waals surface area contributed by atoms with Gasteiger partial charge in [0.2, 0.25) is 5.91 Å². The second-order valence-electron chi connectivity index (χ2n) is 12.5. The number of rotatable bonds is 13. The zero-order valence-electron chi connectivity index (χ0n) is 28.3. The molecule has 0 unspecified atom stereocenters. The summed E-state index contributed by atoms with van der Waals surface area (Å²) < 4.78 is 13.3. The number of hydrogen-bond acceptors (Lipinski definition) is 7. The number of benzene rings is 3. The lowest BCUT2D eigenvalue weighted by atomic mass is 9.93. The van der Waals surface area contributed by atoms with Crippen LogP contribution in [0.5, 0.6) is 5.75 Å². The predicted molar refractivity (Wildman–Crippen MR) is 198 cm³/mol. The number of fused-ring (bicyclic) bond motifs is 1. The predicted octanol–water partition coefficient (Wildman–Crippen LogP) is 7.71. The van der Waals surface area contributed by atoms with Gasteiger partial charge in [0.05, 0.1) is 36.9 Å². The number of halogens is 2. The van der Waals surface area contributed by atoms with Crippen molar-refractivity contribution < 1.29 is 23.9 Å². The number of carbonyl (C=O) groups is 3. The van der Waals surface area contributed by atoms with Gasteiger partial charge in [0.1, 0.15) is 5.75 Å². The van der Waals surface area contributed by atoms with Crippen molar-refractivity contribution in [2.24, 2.45) is 0 Å². The molecule has 1 amide bonds. The van der Waals surface area contributed by atoms with Crippen molar-refractivity contribution in [3.8, 4) is 5.75 Å². The number of esters is 1. The highest BCUT2D eigenvalue weighted by molar-refractivity contribution is 9.10. The largest absolute Gasteiger partial charge is 0.497 e. The second-order valence-corrected chi connectivity index (χ2v) is 13.8. The van der Waals surface area contributed by atoms with Gasteiger partial charge in [0.25, 0.3) is 5.91 Å². The molecule has 1 heterocycles. The third-order valence-electron chi connectivity index (χ3n) is 9.37. The molecule has 1 fully saturated rings. The van der Waals surface area contributed by atoms with Gasteiger partial charge in [-0.3, -0.25) is 19.1 Å². The summed E-state index contributed by atoms with van der Waals surface area (Å²) in [6.07, 6.45) is 6.67. The zero-order chi connectivity index (χ0) is 35.1. The molecule has 5 rings (SSSR count). The van der Waals surface area contributed by atoms with Crippen LogP contribution in [0.15, 0.2) is 59.1 Å². The van der Waals surface area contributed by atoms with Gasteiger partial charge >= 0.3 is 5.97 Å². The van der Waals surface area contributed by atoms with E-state index < -0.39 is 5.97 Å². The lowest BCUT2D eigenvalue weighted by Gasteiger charge is -2.34. The Balaban J connectivity index is 1.18. The minimum absolute atomic E-state index is 0.0636. The van der Waals surface area contributed by atoms with Gasteiger partial charge in [-0.1, -0.05) is 37.8 Å². The first-order valence-electron chi connectivity index (χ1n) is 16.8. The smallest absolute Gasteiger partial charge is 0.338 e. The molecule has 4 aromatic rings. The van der Waals surface area contributed by atoms with E-state index in [0.29, 0.717) is 68.8 Å². The highest BCUT2D eigenvalue weighted by atomic mass is 79.9. The number of carbonyl (C=O) groups excluding carboxylic acids is 3. The summed E-state index contributed by atoms with van der Waals surface area (Å²) in [5.74, 6) is -0.235. The molecule has 0 spiro atoms. The van der Waals surface area contributed by atoms with Crippen molar-refractivity contribution in [3.05, 3.63) is 92.0 Å². The number of nitrogens with zero attached hydrogens (tertiary/aromatic N) is 2. The van der Waals surface area contributed by atoms with Crippen molar-refractivity contribution in [1.82, 2.24) is 14.8 Å². The highest BCUT2D eigenvalue weighted by Gasteiger charge is 2.24. The summed E-state index contributed by atoms with van der Waals surface area (Å²) in [7, 11) is 1.58. The maximum atomic E-state index is 13.6. The van der Waals surface area contributed by atoms with E-state index in [1.807, 2.05) is 25.1 Å². The van der Waals surface area contributed by atoms with Crippen LogP contribution >= 0.6 is 27.5 Å². The fourth-order valence-corrected chi connectivity index (χ4v) is 7.28. The van der Waals surface area contributed by atoms with E-state index >= 15 is 0 Å². The standard InChI is InChI=1S/C38H44BrClN4O5/c1-4-43(29-9-6-5-7-10-29)23-27-19-26(20-33(39)36(27)41)38(47)49-18-8-17-42-35(45)22-31-24(2)44(34-16-15-30(48-3)21-32(31)34)37(46)25-11-13-28(40)14-12-25/h11-16,19-21,29H,4-10,17-18,22-23,41H2,1-3H3,(H,42,45). The van der Waals surface area contributed by atoms with Crippen LogP contribution in [-0.2, 0) is 22.5 Å². The molecule has 1 aliphatic carbocycles. The Bertz CT molecular complexity index is 1820. The van der Waals surface area contributed by atoms with Crippen molar-refractivity contribution >= 4 is 61.9 Å². The monoisotopic (exact) mass is 750 g/mol. The van der Waals surface area contributed by atoms with Crippen LogP contribution < -0.4 is 15.8 Å². The molecule has 3 N–H and O–H groups in total. The van der Waals surface area contributed by atoms with Gasteiger partial charge in [-0.05, 0) is 114 Å². The molecular weight excluding hydrogens is 708 g/mol. The molecule has 0 saturated heterocycles. The molecule has 11 heteroatoms. The Morgan fingerprint density at radius 1 is 1.04 bits per heavy atom.